The van der Waals surface area contributed by atoms with Crippen molar-refractivity contribution in [1.29, 1.82) is 0 Å². The number of benzene rings is 2. The summed E-state index contributed by atoms with van der Waals surface area (Å²) < 4.78 is 44.2. The van der Waals surface area contributed by atoms with E-state index in [1.165, 1.54) is 49.4 Å². The number of hydrogen-bond acceptors (Lipinski definition) is 7. The second kappa shape index (κ2) is 9.07. The highest BCUT2D eigenvalue weighted by Gasteiger charge is 2.26. The fraction of sp³-hybridized carbons (Fsp3) is 0.364. The van der Waals surface area contributed by atoms with Gasteiger partial charge in [-0.3, -0.25) is 9.52 Å². The molecule has 4 rings (SSSR count). The Labute approximate surface area is 186 Å². The Morgan fingerprint density at radius 2 is 1.75 bits per heavy atom. The van der Waals surface area contributed by atoms with Crippen molar-refractivity contribution in [2.24, 2.45) is 0 Å². The van der Waals surface area contributed by atoms with Crippen LogP contribution in [0.4, 0.5) is 5.69 Å². The first-order valence-corrected chi connectivity index (χ1v) is 11.8. The molecule has 1 fully saturated rings. The molecule has 170 valence electrons. The van der Waals surface area contributed by atoms with Gasteiger partial charge in [0.15, 0.2) is 17.6 Å². The zero-order valence-corrected chi connectivity index (χ0v) is 18.4. The maximum atomic E-state index is 12.8. The molecule has 2 aliphatic heterocycles. The number of ether oxygens (including phenoxy) is 3. The van der Waals surface area contributed by atoms with E-state index in [1.807, 2.05) is 0 Å². The number of sulfonamides is 1. The van der Waals surface area contributed by atoms with Crippen LogP contribution in [-0.2, 0) is 19.6 Å². The van der Waals surface area contributed by atoms with Crippen LogP contribution in [0.15, 0.2) is 47.4 Å². The number of nitrogens with one attached hydrogen (secondary N) is 1. The van der Waals surface area contributed by atoms with Crippen LogP contribution in [0.5, 0.6) is 11.5 Å². The number of likely N-dealkylation sites (tertiary alicyclic amines) is 1. The molecule has 1 atom stereocenters. The van der Waals surface area contributed by atoms with Crippen LogP contribution < -0.4 is 14.2 Å². The van der Waals surface area contributed by atoms with Crippen molar-refractivity contribution in [3.63, 3.8) is 0 Å². The molecule has 0 bridgehead atoms. The molecule has 0 spiro atoms. The predicted molar refractivity (Wildman–Crippen MR) is 115 cm³/mol. The lowest BCUT2D eigenvalue weighted by Gasteiger charge is -2.20. The lowest BCUT2D eigenvalue weighted by Crippen LogP contribution is -2.38. The molecule has 2 aliphatic rings. The number of amides is 1. The monoisotopic (exact) mass is 460 g/mol. The van der Waals surface area contributed by atoms with Gasteiger partial charge in [0.25, 0.3) is 15.9 Å². The Morgan fingerprint density at radius 3 is 2.50 bits per heavy atom. The summed E-state index contributed by atoms with van der Waals surface area (Å²) in [5.74, 6) is -0.0950. The Kier molecular flexibility index (Phi) is 6.22. The number of rotatable bonds is 6. The summed E-state index contributed by atoms with van der Waals surface area (Å²) in [4.78, 5) is 26.6. The second-order valence-corrected chi connectivity index (χ2v) is 9.25. The molecule has 1 saturated heterocycles. The molecule has 2 heterocycles. The summed E-state index contributed by atoms with van der Waals surface area (Å²) in [5, 5.41) is 0. The van der Waals surface area contributed by atoms with Crippen LogP contribution in [0.1, 0.15) is 30.1 Å². The quantitative estimate of drug-likeness (QED) is 0.659. The first-order chi connectivity index (χ1) is 15.3. The third kappa shape index (κ3) is 4.80. The van der Waals surface area contributed by atoms with Crippen LogP contribution in [0.3, 0.4) is 0 Å². The van der Waals surface area contributed by atoms with Gasteiger partial charge >= 0.3 is 5.97 Å². The summed E-state index contributed by atoms with van der Waals surface area (Å²) in [6.45, 7) is 3.61. The van der Waals surface area contributed by atoms with Crippen molar-refractivity contribution in [3.05, 3.63) is 48.0 Å². The van der Waals surface area contributed by atoms with Gasteiger partial charge in [0, 0.05) is 24.8 Å². The minimum atomic E-state index is -3.94. The molecule has 2 aromatic carbocycles. The van der Waals surface area contributed by atoms with Gasteiger partial charge in [0.2, 0.25) is 0 Å². The van der Waals surface area contributed by atoms with Crippen LogP contribution >= 0.6 is 0 Å². The van der Waals surface area contributed by atoms with E-state index >= 15 is 0 Å². The first kappa shape index (κ1) is 21.9. The van der Waals surface area contributed by atoms with Gasteiger partial charge in [-0.15, -0.1) is 0 Å². The molecule has 2 aromatic rings. The molecule has 1 amide bonds. The largest absolute Gasteiger partial charge is 0.486 e. The molecule has 10 heteroatoms. The van der Waals surface area contributed by atoms with E-state index in [0.29, 0.717) is 37.8 Å². The maximum Gasteiger partial charge on any atom is 0.338 e. The highest BCUT2D eigenvalue weighted by atomic mass is 32.2. The molecule has 0 aromatic heterocycles. The van der Waals surface area contributed by atoms with Gasteiger partial charge < -0.3 is 19.1 Å². The topological polar surface area (TPSA) is 111 Å². The normalized spacial score (nSPS) is 16.3. The van der Waals surface area contributed by atoms with Gasteiger partial charge in [-0.1, -0.05) is 6.07 Å². The smallest absolute Gasteiger partial charge is 0.338 e. The van der Waals surface area contributed by atoms with Gasteiger partial charge in [0.05, 0.1) is 10.5 Å². The number of hydrogen-bond donors (Lipinski definition) is 1. The van der Waals surface area contributed by atoms with E-state index in [0.717, 1.165) is 12.8 Å². The summed E-state index contributed by atoms with van der Waals surface area (Å²) >= 11 is 0. The van der Waals surface area contributed by atoms with Crippen LogP contribution in [0.2, 0.25) is 0 Å². The number of esters is 1. The van der Waals surface area contributed by atoms with E-state index in [-0.39, 0.29) is 22.1 Å². The van der Waals surface area contributed by atoms with Crippen molar-refractivity contribution < 1.29 is 32.2 Å². The Balaban J connectivity index is 1.45. The zero-order valence-electron chi connectivity index (χ0n) is 17.6. The van der Waals surface area contributed by atoms with E-state index in [2.05, 4.69) is 4.72 Å². The fourth-order valence-corrected chi connectivity index (χ4v) is 4.65. The maximum absolute atomic E-state index is 12.8. The Hall–Kier alpha value is -3.27. The number of carbonyl (C=O) groups excluding carboxylic acids is 2. The number of nitrogens with zero attached hydrogens (tertiary/aromatic N) is 1. The molecule has 0 saturated carbocycles. The molecular weight excluding hydrogens is 436 g/mol. The van der Waals surface area contributed by atoms with Crippen molar-refractivity contribution >= 4 is 27.6 Å². The average Bonchev–Trinajstić information content (AvgIpc) is 3.33. The summed E-state index contributed by atoms with van der Waals surface area (Å²) in [7, 11) is -3.94. The third-order valence-corrected chi connectivity index (χ3v) is 6.60. The lowest BCUT2D eigenvalue weighted by molar-refractivity contribution is -0.138. The molecule has 1 N–H and O–H groups in total. The van der Waals surface area contributed by atoms with Crippen molar-refractivity contribution in [2.75, 3.05) is 31.0 Å². The molecule has 9 nitrogen and oxygen atoms in total. The molecule has 1 unspecified atom stereocenters. The average molecular weight is 461 g/mol. The fourth-order valence-electron chi connectivity index (χ4n) is 3.59. The standard InChI is InChI=1S/C22H24N2O7S/c1-15(21(25)24-9-2-3-10-24)31-22(26)16-5-4-6-17(13-16)23-32(27,28)18-7-8-19-20(14-18)30-12-11-29-19/h4-8,13-15,23H,2-3,9-12H2,1H3. The van der Waals surface area contributed by atoms with Gasteiger partial charge in [-0.2, -0.15) is 0 Å². The van der Waals surface area contributed by atoms with Crippen LogP contribution in [0, 0.1) is 0 Å². The van der Waals surface area contributed by atoms with E-state index in [4.69, 9.17) is 14.2 Å². The van der Waals surface area contributed by atoms with E-state index < -0.39 is 22.1 Å². The number of carbonyl (C=O) groups is 2. The van der Waals surface area contributed by atoms with Crippen molar-refractivity contribution in [2.45, 2.75) is 30.8 Å². The molecule has 0 aliphatic carbocycles. The highest BCUT2D eigenvalue weighted by molar-refractivity contribution is 7.92. The van der Waals surface area contributed by atoms with Crippen LogP contribution in [0.25, 0.3) is 0 Å². The first-order valence-electron chi connectivity index (χ1n) is 10.4. The molecule has 0 radical (unpaired) electrons. The summed E-state index contributed by atoms with van der Waals surface area (Å²) in [5.41, 5.74) is 0.321. The van der Waals surface area contributed by atoms with Gasteiger partial charge in [-0.05, 0) is 50.1 Å². The van der Waals surface area contributed by atoms with Crippen molar-refractivity contribution in [1.82, 2.24) is 4.90 Å². The highest BCUT2D eigenvalue weighted by Crippen LogP contribution is 2.32. The predicted octanol–water partition coefficient (Wildman–Crippen LogP) is 2.43. The lowest BCUT2D eigenvalue weighted by atomic mass is 10.2. The zero-order chi connectivity index (χ0) is 22.7. The molecule has 32 heavy (non-hydrogen) atoms. The minimum Gasteiger partial charge on any atom is -0.486 e. The third-order valence-electron chi connectivity index (χ3n) is 5.22. The van der Waals surface area contributed by atoms with Gasteiger partial charge in [0.1, 0.15) is 13.2 Å². The van der Waals surface area contributed by atoms with Crippen LogP contribution in [-0.4, -0.2) is 57.6 Å². The Morgan fingerprint density at radius 1 is 1.03 bits per heavy atom. The van der Waals surface area contributed by atoms with E-state index in [1.54, 1.807) is 4.90 Å². The minimum absolute atomic E-state index is 0.000406. The van der Waals surface area contributed by atoms with E-state index in [9.17, 15) is 18.0 Å². The number of fused-ring (bicyclic) bond motifs is 1. The number of anilines is 1. The summed E-state index contributed by atoms with van der Waals surface area (Å²) in [6.07, 6.45) is 0.967. The van der Waals surface area contributed by atoms with Crippen molar-refractivity contribution in [3.8, 4) is 11.5 Å². The molecular formula is C22H24N2O7S. The van der Waals surface area contributed by atoms with Gasteiger partial charge in [-0.25, -0.2) is 13.2 Å². The summed E-state index contributed by atoms with van der Waals surface area (Å²) in [6, 6.07) is 10.3. The Bertz CT molecular complexity index is 1130. The second-order valence-electron chi connectivity index (χ2n) is 7.57. The SMILES string of the molecule is CC(OC(=O)c1cccc(NS(=O)(=O)c2ccc3c(c2)OCCO3)c1)C(=O)N1CCCC1.